The summed E-state index contributed by atoms with van der Waals surface area (Å²) in [5.74, 6) is 2.29. The first-order valence-electron chi connectivity index (χ1n) is 12.7. The number of hydrogen-bond donors (Lipinski definition) is 0. The summed E-state index contributed by atoms with van der Waals surface area (Å²) in [4.78, 5) is 34.6. The highest BCUT2D eigenvalue weighted by molar-refractivity contribution is 6.31. The van der Waals surface area contributed by atoms with Crippen molar-refractivity contribution in [2.45, 2.75) is 71.4 Å². The predicted octanol–water partition coefficient (Wildman–Crippen LogP) is 4.48. The normalized spacial score (nSPS) is 24.5. The zero-order chi connectivity index (χ0) is 24.5. The minimum atomic E-state index is -0.305. The van der Waals surface area contributed by atoms with Crippen LogP contribution >= 0.6 is 11.6 Å². The Morgan fingerprint density at radius 1 is 1.20 bits per heavy atom. The molecule has 1 aromatic heterocycles. The first kappa shape index (κ1) is 24.1. The summed E-state index contributed by atoms with van der Waals surface area (Å²) in [7, 11) is 0. The van der Waals surface area contributed by atoms with Crippen LogP contribution in [-0.4, -0.2) is 51.4 Å². The lowest BCUT2D eigenvalue weighted by Gasteiger charge is -2.43. The SMILES string of the molecule is Cc1noc(COc2ccc(Cl)c3c2[C@@H](CN2CCCC2=O)N(C(=O)[C@@H]2CCCC[C@@H]2C)CC3)n1. The number of aryl methyl sites for hydroxylation is 1. The van der Waals surface area contributed by atoms with Gasteiger partial charge in [0.05, 0.1) is 6.04 Å². The van der Waals surface area contributed by atoms with E-state index in [-0.39, 0.29) is 30.4 Å². The van der Waals surface area contributed by atoms with Gasteiger partial charge in [-0.2, -0.15) is 4.98 Å². The summed E-state index contributed by atoms with van der Waals surface area (Å²) in [6, 6.07) is 3.38. The molecular weight excluding hydrogens is 468 g/mol. The van der Waals surface area contributed by atoms with Gasteiger partial charge in [-0.05, 0) is 56.2 Å². The van der Waals surface area contributed by atoms with Crippen LogP contribution in [0.25, 0.3) is 0 Å². The maximum absolute atomic E-state index is 13.9. The van der Waals surface area contributed by atoms with E-state index >= 15 is 0 Å². The monoisotopic (exact) mass is 500 g/mol. The van der Waals surface area contributed by atoms with Crippen LogP contribution in [0.5, 0.6) is 5.75 Å². The smallest absolute Gasteiger partial charge is 0.264 e. The second-order valence-corrected chi connectivity index (χ2v) is 10.5. The molecule has 1 saturated carbocycles. The van der Waals surface area contributed by atoms with Gasteiger partial charge in [-0.25, -0.2) is 0 Å². The second kappa shape index (κ2) is 10.2. The Hall–Kier alpha value is -2.61. The standard InChI is InChI=1S/C26H33ClN4O4/c1-16-6-3-4-7-18(16)26(33)31-13-11-19-20(27)9-10-22(34-15-23-28-17(2)29-35-23)25(19)21(31)14-30-12-5-8-24(30)32/h9-10,16,18,21H,3-8,11-15H2,1-2H3/t16-,18+,21+/m0/s1. The maximum atomic E-state index is 13.9. The van der Waals surface area contributed by atoms with E-state index in [4.69, 9.17) is 20.9 Å². The lowest BCUT2D eigenvalue weighted by atomic mass is 9.78. The number of carbonyl (C=O) groups excluding carboxylic acids is 2. The second-order valence-electron chi connectivity index (χ2n) is 10.1. The Bertz CT molecular complexity index is 1100. The zero-order valence-corrected chi connectivity index (χ0v) is 21.2. The summed E-state index contributed by atoms with van der Waals surface area (Å²) in [5, 5.41) is 4.50. The van der Waals surface area contributed by atoms with Crippen LogP contribution in [0.3, 0.4) is 0 Å². The highest BCUT2D eigenvalue weighted by atomic mass is 35.5. The molecule has 0 spiro atoms. The van der Waals surface area contributed by atoms with E-state index in [0.29, 0.717) is 60.9 Å². The van der Waals surface area contributed by atoms with Gasteiger partial charge in [-0.15, -0.1) is 0 Å². The molecule has 0 radical (unpaired) electrons. The lowest BCUT2D eigenvalue weighted by molar-refractivity contribution is -0.143. The van der Waals surface area contributed by atoms with E-state index in [0.717, 1.165) is 36.8 Å². The van der Waals surface area contributed by atoms with Crippen molar-refractivity contribution in [1.82, 2.24) is 19.9 Å². The van der Waals surface area contributed by atoms with Crippen molar-refractivity contribution < 1.29 is 18.8 Å². The molecule has 2 amide bonds. The third-order valence-electron chi connectivity index (χ3n) is 7.77. The van der Waals surface area contributed by atoms with Crippen LogP contribution in [0.1, 0.15) is 74.3 Å². The molecule has 0 unspecified atom stereocenters. The van der Waals surface area contributed by atoms with Crippen LogP contribution in [0.15, 0.2) is 16.7 Å². The van der Waals surface area contributed by atoms with E-state index in [2.05, 4.69) is 17.1 Å². The first-order chi connectivity index (χ1) is 16.9. The molecule has 2 aromatic rings. The van der Waals surface area contributed by atoms with Gasteiger partial charge in [0.25, 0.3) is 5.89 Å². The van der Waals surface area contributed by atoms with Crippen LogP contribution in [-0.2, 0) is 22.6 Å². The van der Waals surface area contributed by atoms with Crippen molar-refractivity contribution in [3.63, 3.8) is 0 Å². The van der Waals surface area contributed by atoms with Crippen molar-refractivity contribution in [3.05, 3.63) is 40.0 Å². The number of aromatic nitrogens is 2. The molecule has 8 nitrogen and oxygen atoms in total. The molecule has 0 N–H and O–H groups in total. The van der Waals surface area contributed by atoms with Gasteiger partial charge < -0.3 is 19.1 Å². The number of ether oxygens (including phenoxy) is 1. The van der Waals surface area contributed by atoms with E-state index in [1.54, 1.807) is 6.92 Å². The largest absolute Gasteiger partial charge is 0.483 e. The number of benzene rings is 1. The number of hydrogen-bond acceptors (Lipinski definition) is 6. The minimum Gasteiger partial charge on any atom is -0.483 e. The lowest BCUT2D eigenvalue weighted by Crippen LogP contribution is -2.49. The summed E-state index contributed by atoms with van der Waals surface area (Å²) in [6.07, 6.45) is 6.34. The number of fused-ring (bicyclic) bond motifs is 1. The van der Waals surface area contributed by atoms with Crippen molar-refractivity contribution in [3.8, 4) is 5.75 Å². The van der Waals surface area contributed by atoms with Crippen LogP contribution in [0.4, 0.5) is 0 Å². The quantitative estimate of drug-likeness (QED) is 0.580. The molecule has 188 valence electrons. The molecule has 3 aliphatic rings. The van der Waals surface area contributed by atoms with Crippen LogP contribution in [0, 0.1) is 18.8 Å². The van der Waals surface area contributed by atoms with Crippen molar-refractivity contribution in [2.75, 3.05) is 19.6 Å². The molecule has 3 atom stereocenters. The van der Waals surface area contributed by atoms with Gasteiger partial charge in [0.15, 0.2) is 12.4 Å². The Kier molecular flexibility index (Phi) is 7.00. The average Bonchev–Trinajstić information content (AvgIpc) is 3.46. The third kappa shape index (κ3) is 4.90. The fourth-order valence-corrected chi connectivity index (χ4v) is 6.16. The Balaban J connectivity index is 1.50. The van der Waals surface area contributed by atoms with Gasteiger partial charge in [0.1, 0.15) is 5.75 Å². The van der Waals surface area contributed by atoms with E-state index < -0.39 is 0 Å². The summed E-state index contributed by atoms with van der Waals surface area (Å²) >= 11 is 6.66. The molecule has 2 aliphatic heterocycles. The molecule has 0 bridgehead atoms. The molecule has 3 heterocycles. The van der Waals surface area contributed by atoms with Crippen molar-refractivity contribution in [1.29, 1.82) is 0 Å². The Morgan fingerprint density at radius 2 is 2.03 bits per heavy atom. The number of nitrogens with zero attached hydrogens (tertiary/aromatic N) is 4. The van der Waals surface area contributed by atoms with E-state index in [9.17, 15) is 9.59 Å². The summed E-state index contributed by atoms with van der Waals surface area (Å²) < 4.78 is 11.4. The molecule has 5 rings (SSSR count). The van der Waals surface area contributed by atoms with Crippen LogP contribution < -0.4 is 4.74 Å². The topological polar surface area (TPSA) is 88.8 Å². The number of likely N-dealkylation sites (tertiary alicyclic amines) is 1. The maximum Gasteiger partial charge on any atom is 0.264 e. The molecule has 1 saturated heterocycles. The van der Waals surface area contributed by atoms with Gasteiger partial charge in [-0.3, -0.25) is 9.59 Å². The van der Waals surface area contributed by atoms with Crippen molar-refractivity contribution in [2.24, 2.45) is 11.8 Å². The molecule has 2 fully saturated rings. The van der Waals surface area contributed by atoms with E-state index in [1.807, 2.05) is 21.9 Å². The number of amides is 2. The number of carbonyl (C=O) groups is 2. The van der Waals surface area contributed by atoms with Gasteiger partial charge in [0, 0.05) is 42.6 Å². The molecule has 1 aliphatic carbocycles. The minimum absolute atomic E-state index is 0.0204. The molecule has 1 aromatic carbocycles. The zero-order valence-electron chi connectivity index (χ0n) is 20.5. The fraction of sp³-hybridized carbons (Fsp3) is 0.615. The third-order valence-corrected chi connectivity index (χ3v) is 8.12. The Morgan fingerprint density at radius 3 is 2.74 bits per heavy atom. The molecule has 9 heteroatoms. The predicted molar refractivity (Wildman–Crippen MR) is 130 cm³/mol. The highest BCUT2D eigenvalue weighted by Crippen LogP contribution is 2.43. The molecular formula is C26H33ClN4O4. The van der Waals surface area contributed by atoms with E-state index in [1.165, 1.54) is 6.42 Å². The van der Waals surface area contributed by atoms with Gasteiger partial charge in [0.2, 0.25) is 11.8 Å². The van der Waals surface area contributed by atoms with Crippen LogP contribution in [0.2, 0.25) is 5.02 Å². The van der Waals surface area contributed by atoms with Gasteiger partial charge >= 0.3 is 0 Å². The average molecular weight is 501 g/mol. The Labute approximate surface area is 210 Å². The van der Waals surface area contributed by atoms with Gasteiger partial charge in [-0.1, -0.05) is 36.5 Å². The number of halogens is 1. The first-order valence-corrected chi connectivity index (χ1v) is 13.1. The molecule has 35 heavy (non-hydrogen) atoms. The summed E-state index contributed by atoms with van der Waals surface area (Å²) in [5.41, 5.74) is 1.89. The highest BCUT2D eigenvalue weighted by Gasteiger charge is 2.41. The summed E-state index contributed by atoms with van der Waals surface area (Å²) in [6.45, 7) is 5.83. The number of rotatable bonds is 6. The fourth-order valence-electron chi connectivity index (χ4n) is 5.90. The van der Waals surface area contributed by atoms with Crippen molar-refractivity contribution >= 4 is 23.4 Å².